The van der Waals surface area contributed by atoms with Gasteiger partial charge in [-0.2, -0.15) is 0 Å². The number of rotatable bonds is 5. The van der Waals surface area contributed by atoms with Crippen LogP contribution in [0.3, 0.4) is 0 Å². The summed E-state index contributed by atoms with van der Waals surface area (Å²) in [6, 6.07) is 0. The number of sulfone groups is 1. The second-order valence-corrected chi connectivity index (χ2v) is 5.26. The summed E-state index contributed by atoms with van der Waals surface area (Å²) in [5.41, 5.74) is 0. The van der Waals surface area contributed by atoms with Crippen LogP contribution in [0.4, 0.5) is 5.95 Å². The van der Waals surface area contributed by atoms with Crippen molar-refractivity contribution in [3.8, 4) is 0 Å². The molecule has 0 unspecified atom stereocenters. The van der Waals surface area contributed by atoms with E-state index in [4.69, 9.17) is 0 Å². The molecule has 0 aliphatic heterocycles. The standard InChI is InChI=1S/C6H13N5O2S/c1-3-14(12,13)5-4-7-6-8-9-10-11(6)2/h3-5H2,1-2H3,(H,7,8,10). The molecule has 0 aliphatic rings. The quantitative estimate of drug-likeness (QED) is 0.687. The van der Waals surface area contributed by atoms with Crippen LogP contribution in [-0.2, 0) is 16.9 Å². The van der Waals surface area contributed by atoms with E-state index in [-0.39, 0.29) is 11.5 Å². The van der Waals surface area contributed by atoms with Gasteiger partial charge in [-0.05, 0) is 10.4 Å². The normalized spacial score (nSPS) is 11.6. The molecule has 0 saturated carbocycles. The van der Waals surface area contributed by atoms with Gasteiger partial charge in [0.15, 0.2) is 9.84 Å². The highest BCUT2D eigenvalue weighted by molar-refractivity contribution is 7.91. The summed E-state index contributed by atoms with van der Waals surface area (Å²) in [6.45, 7) is 1.95. The molecule has 0 spiro atoms. The maximum Gasteiger partial charge on any atom is 0.242 e. The summed E-state index contributed by atoms with van der Waals surface area (Å²) < 4.78 is 23.7. The summed E-state index contributed by atoms with van der Waals surface area (Å²) in [5, 5.41) is 13.5. The predicted molar refractivity (Wildman–Crippen MR) is 51.6 cm³/mol. The molecular formula is C6H13N5O2S. The van der Waals surface area contributed by atoms with E-state index >= 15 is 0 Å². The van der Waals surface area contributed by atoms with Crippen LogP contribution in [0, 0.1) is 0 Å². The van der Waals surface area contributed by atoms with Crippen LogP contribution in [0.15, 0.2) is 0 Å². The van der Waals surface area contributed by atoms with Gasteiger partial charge in [0, 0.05) is 19.3 Å². The van der Waals surface area contributed by atoms with Crippen molar-refractivity contribution >= 4 is 15.8 Å². The van der Waals surface area contributed by atoms with E-state index in [2.05, 4.69) is 20.8 Å². The van der Waals surface area contributed by atoms with E-state index in [9.17, 15) is 8.42 Å². The first-order valence-corrected chi connectivity index (χ1v) is 6.04. The average molecular weight is 219 g/mol. The first-order valence-electron chi connectivity index (χ1n) is 4.22. The Bertz CT molecular complexity index is 385. The Morgan fingerprint density at radius 2 is 2.21 bits per heavy atom. The molecule has 80 valence electrons. The van der Waals surface area contributed by atoms with Gasteiger partial charge in [0.25, 0.3) is 0 Å². The van der Waals surface area contributed by atoms with Gasteiger partial charge in [0.1, 0.15) is 0 Å². The molecule has 0 aromatic carbocycles. The Labute approximate surface area is 82.4 Å². The molecule has 14 heavy (non-hydrogen) atoms. The number of hydrogen-bond donors (Lipinski definition) is 1. The van der Waals surface area contributed by atoms with E-state index in [0.717, 1.165) is 0 Å². The van der Waals surface area contributed by atoms with Crippen LogP contribution in [0.25, 0.3) is 0 Å². The largest absolute Gasteiger partial charge is 0.352 e. The van der Waals surface area contributed by atoms with Crippen LogP contribution in [0.2, 0.25) is 0 Å². The van der Waals surface area contributed by atoms with Crippen LogP contribution < -0.4 is 5.32 Å². The molecule has 1 aromatic rings. The minimum absolute atomic E-state index is 0.0936. The molecule has 1 rings (SSSR count). The predicted octanol–water partition coefficient (Wildman–Crippen LogP) is -0.943. The molecule has 1 N–H and O–H groups in total. The zero-order valence-corrected chi connectivity index (χ0v) is 8.95. The second-order valence-electron chi connectivity index (χ2n) is 2.79. The molecular weight excluding hydrogens is 206 g/mol. The lowest BCUT2D eigenvalue weighted by molar-refractivity contribution is 0.597. The summed E-state index contributed by atoms with van der Waals surface area (Å²) in [4.78, 5) is 0. The minimum Gasteiger partial charge on any atom is -0.352 e. The van der Waals surface area contributed by atoms with Gasteiger partial charge in [0.2, 0.25) is 5.95 Å². The fraction of sp³-hybridized carbons (Fsp3) is 0.833. The summed E-state index contributed by atoms with van der Waals surface area (Å²) >= 11 is 0. The van der Waals surface area contributed by atoms with Gasteiger partial charge in [0.05, 0.1) is 5.75 Å². The molecule has 1 heterocycles. The van der Waals surface area contributed by atoms with Crippen molar-refractivity contribution < 1.29 is 8.42 Å². The van der Waals surface area contributed by atoms with Gasteiger partial charge in [-0.15, -0.1) is 0 Å². The fourth-order valence-corrected chi connectivity index (χ4v) is 1.54. The molecule has 1 aromatic heterocycles. The van der Waals surface area contributed by atoms with Crippen molar-refractivity contribution in [3.05, 3.63) is 0 Å². The van der Waals surface area contributed by atoms with Gasteiger partial charge in [-0.25, -0.2) is 13.1 Å². The van der Waals surface area contributed by atoms with E-state index in [1.165, 1.54) is 4.68 Å². The third-order valence-electron chi connectivity index (χ3n) is 1.76. The molecule has 8 heteroatoms. The van der Waals surface area contributed by atoms with E-state index in [1.54, 1.807) is 14.0 Å². The van der Waals surface area contributed by atoms with Crippen molar-refractivity contribution in [2.75, 3.05) is 23.4 Å². The smallest absolute Gasteiger partial charge is 0.242 e. The molecule has 0 aliphatic carbocycles. The molecule has 0 bridgehead atoms. The van der Waals surface area contributed by atoms with E-state index in [1.807, 2.05) is 0 Å². The van der Waals surface area contributed by atoms with Crippen molar-refractivity contribution in [1.82, 2.24) is 20.2 Å². The monoisotopic (exact) mass is 219 g/mol. The van der Waals surface area contributed by atoms with Crippen LogP contribution >= 0.6 is 0 Å². The van der Waals surface area contributed by atoms with Crippen molar-refractivity contribution in [3.63, 3.8) is 0 Å². The molecule has 0 fully saturated rings. The number of nitrogens with one attached hydrogen (secondary N) is 1. The van der Waals surface area contributed by atoms with Gasteiger partial charge in [-0.1, -0.05) is 12.0 Å². The number of hydrogen-bond acceptors (Lipinski definition) is 6. The fourth-order valence-electron chi connectivity index (χ4n) is 0.842. The first-order chi connectivity index (χ1) is 6.55. The van der Waals surface area contributed by atoms with E-state index in [0.29, 0.717) is 12.5 Å². The Morgan fingerprint density at radius 1 is 1.50 bits per heavy atom. The highest BCUT2D eigenvalue weighted by Gasteiger charge is 2.07. The number of aryl methyl sites for hydroxylation is 1. The first kappa shape index (κ1) is 10.9. The third-order valence-corrected chi connectivity index (χ3v) is 3.46. The van der Waals surface area contributed by atoms with Crippen molar-refractivity contribution in [2.45, 2.75) is 6.92 Å². The Balaban J connectivity index is 2.40. The highest BCUT2D eigenvalue weighted by atomic mass is 32.2. The highest BCUT2D eigenvalue weighted by Crippen LogP contribution is 1.96. The lowest BCUT2D eigenvalue weighted by atomic mass is 10.7. The molecule has 0 atom stereocenters. The zero-order valence-electron chi connectivity index (χ0n) is 8.13. The molecule has 0 radical (unpaired) electrons. The van der Waals surface area contributed by atoms with Gasteiger partial charge < -0.3 is 5.32 Å². The Hall–Kier alpha value is -1.18. The lowest BCUT2D eigenvalue weighted by Crippen LogP contribution is -2.18. The minimum atomic E-state index is -2.93. The summed E-state index contributed by atoms with van der Waals surface area (Å²) in [6.07, 6.45) is 0. The Kier molecular flexibility index (Phi) is 3.39. The average Bonchev–Trinajstić information content (AvgIpc) is 2.52. The number of aromatic nitrogens is 4. The maximum atomic E-state index is 11.1. The van der Waals surface area contributed by atoms with Gasteiger partial charge in [-0.3, -0.25) is 0 Å². The molecule has 7 nitrogen and oxygen atoms in total. The van der Waals surface area contributed by atoms with E-state index < -0.39 is 9.84 Å². The molecule has 0 amide bonds. The Morgan fingerprint density at radius 3 is 2.71 bits per heavy atom. The van der Waals surface area contributed by atoms with Crippen LogP contribution in [0.1, 0.15) is 6.92 Å². The lowest BCUT2D eigenvalue weighted by Gasteiger charge is -2.03. The summed E-state index contributed by atoms with van der Waals surface area (Å²) in [5.74, 6) is 0.721. The van der Waals surface area contributed by atoms with Crippen LogP contribution in [-0.4, -0.2) is 46.7 Å². The zero-order chi connectivity index (χ0) is 10.6. The third kappa shape index (κ3) is 2.95. The van der Waals surface area contributed by atoms with Crippen LogP contribution in [0.5, 0.6) is 0 Å². The van der Waals surface area contributed by atoms with Crippen molar-refractivity contribution in [1.29, 1.82) is 0 Å². The van der Waals surface area contributed by atoms with Crippen molar-refractivity contribution in [2.24, 2.45) is 7.05 Å². The number of tetrazole rings is 1. The number of anilines is 1. The maximum absolute atomic E-state index is 11.1. The SMILES string of the molecule is CCS(=O)(=O)CCNc1nnnn1C. The van der Waals surface area contributed by atoms with Gasteiger partial charge >= 0.3 is 0 Å². The number of nitrogens with zero attached hydrogens (tertiary/aromatic N) is 4. The summed E-state index contributed by atoms with van der Waals surface area (Å²) in [7, 11) is -1.25. The molecule has 0 saturated heterocycles. The second kappa shape index (κ2) is 4.36. The topological polar surface area (TPSA) is 89.8 Å².